The molecule has 10 nitrogen and oxygen atoms in total. The lowest BCUT2D eigenvalue weighted by Crippen LogP contribution is -2.22. The Hall–Kier alpha value is -4.77. The van der Waals surface area contributed by atoms with Gasteiger partial charge in [0, 0.05) is 54.4 Å². The van der Waals surface area contributed by atoms with E-state index in [1.807, 2.05) is 43.3 Å². The summed E-state index contributed by atoms with van der Waals surface area (Å²) in [6.45, 7) is 3.77. The first-order valence-corrected chi connectivity index (χ1v) is 16.5. The number of nitrogens with one attached hydrogen (secondary N) is 1. The Morgan fingerprint density at radius 1 is 0.980 bits per heavy atom. The highest BCUT2D eigenvalue weighted by atomic mass is 16.5. The van der Waals surface area contributed by atoms with Crippen LogP contribution in [0, 0.1) is 0 Å². The molecule has 1 aliphatic carbocycles. The molecule has 4 atom stereocenters. The zero-order valence-electron chi connectivity index (χ0n) is 28.2. The number of aliphatic hydroxyl groups excluding tert-OH is 2. The summed E-state index contributed by atoms with van der Waals surface area (Å²) in [5, 5.41) is 44.6. The third-order valence-electron chi connectivity index (χ3n) is 9.72. The summed E-state index contributed by atoms with van der Waals surface area (Å²) >= 11 is 0. The Morgan fingerprint density at radius 3 is 2.49 bits per heavy atom. The second-order valence-electron chi connectivity index (χ2n) is 12.7. The number of ether oxygens (including phenoxy) is 4. The first kappa shape index (κ1) is 34.1. The maximum atomic E-state index is 12.1. The summed E-state index contributed by atoms with van der Waals surface area (Å²) in [5.41, 5.74) is 7.88. The van der Waals surface area contributed by atoms with E-state index in [4.69, 9.17) is 18.9 Å². The number of esters is 1. The number of hydrogen-bond acceptors (Lipinski definition) is 10. The summed E-state index contributed by atoms with van der Waals surface area (Å²) in [7, 11) is 3.06. The molecule has 0 saturated carbocycles. The number of benzene rings is 4. The minimum absolute atomic E-state index is 0.0128. The van der Waals surface area contributed by atoms with Gasteiger partial charge in [-0.25, -0.2) is 0 Å². The Labute approximate surface area is 285 Å². The topological polar surface area (TPSA) is 147 Å². The van der Waals surface area contributed by atoms with Crippen molar-refractivity contribution in [1.82, 2.24) is 5.32 Å². The van der Waals surface area contributed by atoms with Crippen molar-refractivity contribution in [2.24, 2.45) is 0 Å². The molecule has 0 fully saturated rings. The molecule has 0 radical (unpaired) electrons. The van der Waals surface area contributed by atoms with E-state index in [2.05, 4.69) is 5.32 Å². The molecule has 6 rings (SSSR count). The number of aromatic hydroxyl groups is 2. The molecule has 2 aliphatic rings. The van der Waals surface area contributed by atoms with Gasteiger partial charge in [-0.1, -0.05) is 36.4 Å². The maximum Gasteiger partial charge on any atom is 0.302 e. The molecular formula is C39H43NO9. The minimum atomic E-state index is -0.598. The summed E-state index contributed by atoms with van der Waals surface area (Å²) in [6.07, 6.45) is 0.441. The Bertz CT molecular complexity index is 1860. The second kappa shape index (κ2) is 14.4. The smallest absolute Gasteiger partial charge is 0.302 e. The van der Waals surface area contributed by atoms with Crippen LogP contribution in [0.3, 0.4) is 0 Å². The maximum absolute atomic E-state index is 12.1. The molecule has 1 aliphatic heterocycles. The fourth-order valence-corrected chi connectivity index (χ4v) is 7.26. The molecule has 0 bridgehead atoms. The van der Waals surface area contributed by atoms with Crippen LogP contribution in [0.15, 0.2) is 60.7 Å². The number of hydrogen-bond donors (Lipinski definition) is 5. The van der Waals surface area contributed by atoms with Crippen molar-refractivity contribution in [2.45, 2.75) is 63.8 Å². The van der Waals surface area contributed by atoms with Crippen LogP contribution in [0.25, 0.3) is 11.1 Å². The predicted octanol–water partition coefficient (Wildman–Crippen LogP) is 5.93. The summed E-state index contributed by atoms with van der Waals surface area (Å²) in [4.78, 5) is 12.1. The molecule has 10 heteroatoms. The first-order valence-electron chi connectivity index (χ1n) is 16.5. The number of carbonyl (C=O) groups is 1. The number of rotatable bonds is 12. The molecule has 0 spiro atoms. The highest BCUT2D eigenvalue weighted by molar-refractivity contribution is 5.83. The summed E-state index contributed by atoms with van der Waals surface area (Å²) in [6, 6.07) is 18.5. The van der Waals surface area contributed by atoms with E-state index >= 15 is 0 Å². The van der Waals surface area contributed by atoms with Gasteiger partial charge in [-0.3, -0.25) is 4.79 Å². The zero-order valence-corrected chi connectivity index (χ0v) is 28.2. The number of aliphatic hydroxyl groups is 2. The van der Waals surface area contributed by atoms with Crippen LogP contribution >= 0.6 is 0 Å². The standard InChI is InChI=1S/C39H43NO9/c1-21(24-7-5-6-23(12-24)19-42)40-18-26-14-34(45)35(46-3)17-31(26)39-33(20-48-22(2)43)29-9-8-28-32(38(29)49-39)13-25(10-11-41)30-15-27(44)16-36(47-4)37(28)30/h5-9,12,14-17,21,25,33,39-42,44-45H,10-11,13,18-20H2,1-4H3/t21-,25-,33+,39-/m1/s1. The Morgan fingerprint density at radius 2 is 1.78 bits per heavy atom. The predicted molar refractivity (Wildman–Crippen MR) is 183 cm³/mol. The van der Waals surface area contributed by atoms with Crippen molar-refractivity contribution in [2.75, 3.05) is 27.4 Å². The van der Waals surface area contributed by atoms with E-state index in [0.29, 0.717) is 30.9 Å². The van der Waals surface area contributed by atoms with Crippen LogP contribution in [0.2, 0.25) is 0 Å². The molecule has 1 heterocycles. The van der Waals surface area contributed by atoms with E-state index in [1.165, 1.54) is 14.0 Å². The average Bonchev–Trinajstić information content (AvgIpc) is 3.48. The molecule has 0 amide bonds. The highest BCUT2D eigenvalue weighted by Crippen LogP contribution is 2.56. The van der Waals surface area contributed by atoms with Gasteiger partial charge in [0.15, 0.2) is 11.5 Å². The largest absolute Gasteiger partial charge is 0.508 e. The molecule has 0 aromatic heterocycles. The fourth-order valence-electron chi connectivity index (χ4n) is 7.26. The van der Waals surface area contributed by atoms with Crippen LogP contribution in [0.5, 0.6) is 28.7 Å². The monoisotopic (exact) mass is 669 g/mol. The van der Waals surface area contributed by atoms with E-state index in [-0.39, 0.29) is 54.9 Å². The molecule has 0 unspecified atom stereocenters. The average molecular weight is 670 g/mol. The molecule has 4 aromatic carbocycles. The fraction of sp³-hybridized carbons (Fsp3) is 0.359. The van der Waals surface area contributed by atoms with Gasteiger partial charge in [-0.15, -0.1) is 0 Å². The number of carbonyl (C=O) groups excluding carboxylic acids is 1. The number of methoxy groups -OCH3 is 2. The van der Waals surface area contributed by atoms with Crippen LogP contribution in [-0.2, 0) is 29.1 Å². The first-order chi connectivity index (χ1) is 23.7. The van der Waals surface area contributed by atoms with Gasteiger partial charge in [-0.2, -0.15) is 0 Å². The molecule has 0 saturated heterocycles. The number of fused-ring (bicyclic) bond motifs is 5. The molecule has 49 heavy (non-hydrogen) atoms. The van der Waals surface area contributed by atoms with Crippen molar-refractivity contribution < 1.29 is 44.2 Å². The Kier molecular flexibility index (Phi) is 10.0. The molecule has 258 valence electrons. The van der Waals surface area contributed by atoms with Crippen LogP contribution in [-0.4, -0.2) is 53.8 Å². The van der Waals surface area contributed by atoms with Crippen LogP contribution < -0.4 is 19.5 Å². The zero-order chi connectivity index (χ0) is 34.8. The van der Waals surface area contributed by atoms with Gasteiger partial charge < -0.3 is 44.7 Å². The van der Waals surface area contributed by atoms with Crippen LogP contribution in [0.1, 0.15) is 83.2 Å². The van der Waals surface area contributed by atoms with Gasteiger partial charge in [0.25, 0.3) is 0 Å². The van der Waals surface area contributed by atoms with Crippen molar-refractivity contribution in [3.8, 4) is 39.9 Å². The molecule has 5 N–H and O–H groups in total. The van der Waals surface area contributed by atoms with Gasteiger partial charge >= 0.3 is 5.97 Å². The lowest BCUT2D eigenvalue weighted by molar-refractivity contribution is -0.141. The van der Waals surface area contributed by atoms with E-state index in [9.17, 15) is 25.2 Å². The summed E-state index contributed by atoms with van der Waals surface area (Å²) in [5.74, 6) is 0.695. The third kappa shape index (κ3) is 6.64. The van der Waals surface area contributed by atoms with E-state index < -0.39 is 12.1 Å². The Balaban J connectivity index is 1.43. The third-order valence-corrected chi connectivity index (χ3v) is 9.72. The molecule has 4 aromatic rings. The van der Waals surface area contributed by atoms with Crippen molar-refractivity contribution in [3.63, 3.8) is 0 Å². The van der Waals surface area contributed by atoms with E-state index in [1.54, 1.807) is 31.4 Å². The van der Waals surface area contributed by atoms with Gasteiger partial charge in [0.05, 0.1) is 26.7 Å². The number of phenols is 2. The SMILES string of the molecule is COc1cc([C@H]2Oc3c(ccc4c3C[C@@H](CCO)c3cc(O)cc(OC)c3-4)[C@@H]2COC(C)=O)c(CN[C@H](C)c2cccc(CO)c2)cc1O. The lowest BCUT2D eigenvalue weighted by atomic mass is 9.75. The van der Waals surface area contributed by atoms with E-state index in [0.717, 1.165) is 50.1 Å². The highest BCUT2D eigenvalue weighted by Gasteiger charge is 2.42. The van der Waals surface area contributed by atoms with Crippen LogP contribution in [0.4, 0.5) is 0 Å². The lowest BCUT2D eigenvalue weighted by Gasteiger charge is -2.30. The summed E-state index contributed by atoms with van der Waals surface area (Å²) < 4.78 is 23.8. The molecular weight excluding hydrogens is 626 g/mol. The minimum Gasteiger partial charge on any atom is -0.508 e. The van der Waals surface area contributed by atoms with Gasteiger partial charge in [0.2, 0.25) is 0 Å². The van der Waals surface area contributed by atoms with Crippen molar-refractivity contribution in [1.29, 1.82) is 0 Å². The van der Waals surface area contributed by atoms with Gasteiger partial charge in [-0.05, 0) is 71.7 Å². The number of phenolic OH excluding ortho intramolecular Hbond substituents is 2. The second-order valence-corrected chi connectivity index (χ2v) is 12.7. The van der Waals surface area contributed by atoms with Gasteiger partial charge in [0.1, 0.15) is 30.0 Å². The van der Waals surface area contributed by atoms with Crippen molar-refractivity contribution >= 4 is 5.97 Å². The quantitative estimate of drug-likeness (QED) is 0.115. The van der Waals surface area contributed by atoms with Crippen molar-refractivity contribution in [3.05, 3.63) is 99.6 Å². The normalized spacial score (nSPS) is 18.1.